The van der Waals surface area contributed by atoms with Crippen molar-refractivity contribution in [2.75, 3.05) is 6.61 Å². The topological polar surface area (TPSA) is 43.4 Å². The maximum Gasteiger partial charge on any atom is 0.170 e. The number of rotatable bonds is 10. The van der Waals surface area contributed by atoms with Gasteiger partial charge in [-0.05, 0) is 35.8 Å². The minimum atomic E-state index is -0.224. The quantitative estimate of drug-likeness (QED) is 0.249. The van der Waals surface area contributed by atoms with Crippen molar-refractivity contribution in [1.82, 2.24) is 0 Å². The summed E-state index contributed by atoms with van der Waals surface area (Å²) in [5, 5.41) is 0. The SMILES string of the molecule is CCCCOc1ccc(CC(=O)/C(=C/c2ccccc2)C(=O)C(C)C)cc1. The van der Waals surface area contributed by atoms with Crippen molar-refractivity contribution in [1.29, 1.82) is 0 Å². The van der Waals surface area contributed by atoms with Crippen LogP contribution in [0.5, 0.6) is 5.75 Å². The third kappa shape index (κ3) is 6.52. The van der Waals surface area contributed by atoms with Crippen LogP contribution >= 0.6 is 0 Å². The van der Waals surface area contributed by atoms with Gasteiger partial charge in [0.2, 0.25) is 0 Å². The fourth-order valence-corrected chi connectivity index (χ4v) is 2.63. The van der Waals surface area contributed by atoms with Crippen molar-refractivity contribution in [2.24, 2.45) is 5.92 Å². The molecule has 2 rings (SSSR count). The van der Waals surface area contributed by atoms with E-state index in [1.807, 2.05) is 68.4 Å². The van der Waals surface area contributed by atoms with Gasteiger partial charge in [-0.3, -0.25) is 9.59 Å². The van der Waals surface area contributed by atoms with Gasteiger partial charge >= 0.3 is 0 Å². The molecule has 3 nitrogen and oxygen atoms in total. The number of unbranched alkanes of at least 4 members (excludes halogenated alkanes) is 1. The second-order valence-corrected chi connectivity index (χ2v) is 6.93. The molecule has 0 atom stereocenters. The highest BCUT2D eigenvalue weighted by molar-refractivity contribution is 6.24. The third-order valence-electron chi connectivity index (χ3n) is 4.26. The van der Waals surface area contributed by atoms with E-state index in [1.165, 1.54) is 0 Å². The van der Waals surface area contributed by atoms with E-state index in [0.29, 0.717) is 6.61 Å². The minimum absolute atomic E-state index is 0.122. The fraction of sp³-hybridized carbons (Fsp3) is 0.333. The maximum absolute atomic E-state index is 12.8. The molecule has 0 radical (unpaired) electrons. The molecule has 0 unspecified atom stereocenters. The van der Waals surface area contributed by atoms with Gasteiger partial charge in [0.25, 0.3) is 0 Å². The predicted molar refractivity (Wildman–Crippen MR) is 110 cm³/mol. The first-order valence-corrected chi connectivity index (χ1v) is 9.57. The number of carbonyl (C=O) groups is 2. The average Bonchev–Trinajstić information content (AvgIpc) is 2.68. The van der Waals surface area contributed by atoms with E-state index in [4.69, 9.17) is 4.74 Å². The molecule has 0 aliphatic carbocycles. The second-order valence-electron chi connectivity index (χ2n) is 6.93. The molecule has 2 aromatic carbocycles. The molecule has 142 valence electrons. The van der Waals surface area contributed by atoms with Gasteiger partial charge in [-0.25, -0.2) is 0 Å². The normalized spacial score (nSPS) is 11.5. The van der Waals surface area contributed by atoms with Crippen LogP contribution < -0.4 is 4.74 Å². The second kappa shape index (κ2) is 10.5. The van der Waals surface area contributed by atoms with Crippen LogP contribution in [0.15, 0.2) is 60.2 Å². The Morgan fingerprint density at radius 2 is 1.67 bits per heavy atom. The number of ketones is 2. The van der Waals surface area contributed by atoms with Gasteiger partial charge in [0.05, 0.1) is 12.2 Å². The number of benzene rings is 2. The maximum atomic E-state index is 12.8. The zero-order chi connectivity index (χ0) is 19.6. The predicted octanol–water partition coefficient (Wildman–Crippen LogP) is 5.29. The summed E-state index contributed by atoms with van der Waals surface area (Å²) in [5.74, 6) is 0.303. The number of Topliss-reactive ketones (excluding diaryl/α,β-unsaturated/α-hetero) is 2. The lowest BCUT2D eigenvalue weighted by Crippen LogP contribution is -2.19. The van der Waals surface area contributed by atoms with Crippen molar-refractivity contribution in [3.8, 4) is 5.75 Å². The van der Waals surface area contributed by atoms with Crippen LogP contribution in [0.1, 0.15) is 44.7 Å². The Hall–Kier alpha value is -2.68. The highest BCUT2D eigenvalue weighted by Gasteiger charge is 2.21. The van der Waals surface area contributed by atoms with E-state index in [-0.39, 0.29) is 29.5 Å². The lowest BCUT2D eigenvalue weighted by Gasteiger charge is -2.10. The van der Waals surface area contributed by atoms with Crippen LogP contribution in [-0.4, -0.2) is 18.2 Å². The lowest BCUT2D eigenvalue weighted by molar-refractivity contribution is -0.122. The number of ether oxygens (including phenoxy) is 1. The molecule has 0 saturated heterocycles. The fourth-order valence-electron chi connectivity index (χ4n) is 2.63. The van der Waals surface area contributed by atoms with E-state index in [9.17, 15) is 9.59 Å². The highest BCUT2D eigenvalue weighted by Crippen LogP contribution is 2.18. The molecule has 0 saturated carbocycles. The average molecular weight is 364 g/mol. The summed E-state index contributed by atoms with van der Waals surface area (Å²) in [6.07, 6.45) is 4.01. The first-order valence-electron chi connectivity index (χ1n) is 9.57. The number of hydrogen-bond donors (Lipinski definition) is 0. The number of carbonyl (C=O) groups excluding carboxylic acids is 2. The van der Waals surface area contributed by atoms with E-state index in [0.717, 1.165) is 29.7 Å². The molecule has 0 aliphatic rings. The van der Waals surface area contributed by atoms with Gasteiger partial charge in [-0.15, -0.1) is 0 Å². The zero-order valence-corrected chi connectivity index (χ0v) is 16.4. The third-order valence-corrected chi connectivity index (χ3v) is 4.26. The number of hydrogen-bond acceptors (Lipinski definition) is 3. The van der Waals surface area contributed by atoms with Gasteiger partial charge in [-0.1, -0.05) is 69.7 Å². The van der Waals surface area contributed by atoms with Gasteiger partial charge in [0, 0.05) is 12.3 Å². The molecular formula is C24H28O3. The van der Waals surface area contributed by atoms with Gasteiger partial charge in [-0.2, -0.15) is 0 Å². The van der Waals surface area contributed by atoms with Crippen LogP contribution in [0.3, 0.4) is 0 Å². The highest BCUT2D eigenvalue weighted by atomic mass is 16.5. The summed E-state index contributed by atoms with van der Waals surface area (Å²) in [7, 11) is 0. The van der Waals surface area contributed by atoms with Crippen molar-refractivity contribution in [2.45, 2.75) is 40.0 Å². The molecular weight excluding hydrogens is 336 g/mol. The Kier molecular flexibility index (Phi) is 8.00. The Labute approximate surface area is 162 Å². The van der Waals surface area contributed by atoms with Crippen molar-refractivity contribution >= 4 is 17.6 Å². The van der Waals surface area contributed by atoms with E-state index in [1.54, 1.807) is 6.08 Å². The van der Waals surface area contributed by atoms with Gasteiger partial charge in [0.15, 0.2) is 11.6 Å². The molecule has 2 aromatic rings. The van der Waals surface area contributed by atoms with E-state index < -0.39 is 0 Å². The van der Waals surface area contributed by atoms with Crippen molar-refractivity contribution < 1.29 is 14.3 Å². The molecule has 3 heteroatoms. The summed E-state index contributed by atoms with van der Waals surface area (Å²) in [5.41, 5.74) is 1.99. The standard InChI is InChI=1S/C24H28O3/c1-4-5-15-27-21-13-11-20(12-14-21)17-23(25)22(24(26)18(2)3)16-19-9-7-6-8-10-19/h6-14,16,18H,4-5,15,17H2,1-3H3/b22-16-. The summed E-state index contributed by atoms with van der Waals surface area (Å²) in [4.78, 5) is 25.4. The van der Waals surface area contributed by atoms with Crippen LogP contribution in [0, 0.1) is 5.92 Å². The van der Waals surface area contributed by atoms with Crippen LogP contribution in [0.25, 0.3) is 6.08 Å². The summed E-state index contributed by atoms with van der Waals surface area (Å²) >= 11 is 0. The Balaban J connectivity index is 2.14. The Bertz CT molecular complexity index is 771. The van der Waals surface area contributed by atoms with Gasteiger partial charge < -0.3 is 4.74 Å². The molecule has 0 bridgehead atoms. The summed E-state index contributed by atoms with van der Waals surface area (Å²) in [6, 6.07) is 17.0. The minimum Gasteiger partial charge on any atom is -0.494 e. The smallest absolute Gasteiger partial charge is 0.170 e. The lowest BCUT2D eigenvalue weighted by atomic mass is 9.92. The molecule has 27 heavy (non-hydrogen) atoms. The molecule has 0 amide bonds. The van der Waals surface area contributed by atoms with Crippen molar-refractivity contribution in [3.05, 3.63) is 71.3 Å². The molecule has 0 heterocycles. The Morgan fingerprint density at radius 3 is 2.26 bits per heavy atom. The monoisotopic (exact) mass is 364 g/mol. The molecule has 0 fully saturated rings. The first-order chi connectivity index (χ1) is 13.0. The van der Waals surface area contributed by atoms with Crippen LogP contribution in [-0.2, 0) is 16.0 Å². The molecule has 0 aliphatic heterocycles. The Morgan fingerprint density at radius 1 is 1.00 bits per heavy atom. The first kappa shape index (κ1) is 20.6. The largest absolute Gasteiger partial charge is 0.494 e. The zero-order valence-electron chi connectivity index (χ0n) is 16.4. The summed E-state index contributed by atoms with van der Waals surface area (Å²) in [6.45, 7) is 6.45. The molecule has 0 N–H and O–H groups in total. The van der Waals surface area contributed by atoms with E-state index in [2.05, 4.69) is 6.92 Å². The summed E-state index contributed by atoms with van der Waals surface area (Å²) < 4.78 is 5.65. The van der Waals surface area contributed by atoms with Gasteiger partial charge in [0.1, 0.15) is 5.75 Å². The van der Waals surface area contributed by atoms with Crippen molar-refractivity contribution in [3.63, 3.8) is 0 Å². The van der Waals surface area contributed by atoms with Crippen LogP contribution in [0.4, 0.5) is 0 Å². The number of allylic oxidation sites excluding steroid dienone is 1. The molecule has 0 aromatic heterocycles. The van der Waals surface area contributed by atoms with E-state index >= 15 is 0 Å². The molecule has 0 spiro atoms. The van der Waals surface area contributed by atoms with Crippen LogP contribution in [0.2, 0.25) is 0 Å².